The van der Waals surface area contributed by atoms with Gasteiger partial charge in [0.05, 0.1) is 25.0 Å². The van der Waals surface area contributed by atoms with Crippen molar-refractivity contribution in [2.75, 3.05) is 0 Å². The number of aromatic nitrogens is 3. The highest BCUT2D eigenvalue weighted by molar-refractivity contribution is 8.32. The summed E-state index contributed by atoms with van der Waals surface area (Å²) in [6.07, 6.45) is 10.8. The van der Waals surface area contributed by atoms with Crippen LogP contribution in [0.25, 0.3) is 0 Å². The van der Waals surface area contributed by atoms with Crippen LogP contribution in [0.1, 0.15) is 12.5 Å². The van der Waals surface area contributed by atoms with Crippen molar-refractivity contribution in [3.8, 4) is 0 Å². The smallest absolute Gasteiger partial charge is 0.263 e. The molecule has 0 radical (unpaired) electrons. The Morgan fingerprint density at radius 3 is 1.48 bits per heavy atom. The van der Waals surface area contributed by atoms with Crippen LogP contribution in [0, 0.1) is 0 Å². The first-order valence-electron chi connectivity index (χ1n) is 9.68. The van der Waals surface area contributed by atoms with Crippen molar-refractivity contribution in [3.05, 3.63) is 103 Å². The predicted molar refractivity (Wildman–Crippen MR) is 121 cm³/mol. The Hall–Kier alpha value is -3.07. The number of pyridine rings is 3. The van der Waals surface area contributed by atoms with Gasteiger partial charge in [-0.05, 0) is 60.5 Å². The highest BCUT2D eigenvalue weighted by Crippen LogP contribution is 2.68. The molecule has 0 aliphatic heterocycles. The van der Waals surface area contributed by atoms with Gasteiger partial charge in [-0.1, -0.05) is 19.1 Å². The van der Waals surface area contributed by atoms with Gasteiger partial charge in [-0.25, -0.2) is 0 Å². The second-order valence-corrected chi connectivity index (χ2v) is 11.3. The van der Waals surface area contributed by atoms with Crippen LogP contribution in [0.3, 0.4) is 0 Å². The van der Waals surface area contributed by atoms with Crippen molar-refractivity contribution >= 4 is 20.4 Å². The number of hydrogen-bond donors (Lipinski definition) is 0. The van der Waals surface area contributed by atoms with E-state index in [1.54, 1.807) is 67.5 Å². The highest BCUT2D eigenvalue weighted by Gasteiger charge is 2.44. The molecule has 3 aromatic heterocycles. The molecule has 8 heteroatoms. The van der Waals surface area contributed by atoms with Gasteiger partial charge in [0.15, 0.2) is 0 Å². The van der Waals surface area contributed by atoms with Gasteiger partial charge in [-0.2, -0.15) is 0 Å². The topological polar surface area (TPSA) is 85.6 Å². The Morgan fingerprint density at radius 1 is 0.677 bits per heavy atom. The molecule has 0 bridgehead atoms. The van der Waals surface area contributed by atoms with Crippen LogP contribution in [0.5, 0.6) is 0 Å². The Kier molecular flexibility index (Phi) is 6.13. The lowest BCUT2D eigenvalue weighted by Crippen LogP contribution is -2.19. The summed E-state index contributed by atoms with van der Waals surface area (Å²) in [6.45, 7) is 2.02. The zero-order valence-electron chi connectivity index (χ0n) is 16.9. The van der Waals surface area contributed by atoms with E-state index in [0.29, 0.717) is 14.7 Å². The van der Waals surface area contributed by atoms with Gasteiger partial charge in [0.25, 0.3) is 0 Å². The van der Waals surface area contributed by atoms with Crippen LogP contribution < -0.4 is 0 Å². The van der Waals surface area contributed by atoms with Crippen molar-refractivity contribution in [2.24, 2.45) is 0 Å². The molecule has 6 nitrogen and oxygen atoms in total. The quantitative estimate of drug-likeness (QED) is 0.287. The van der Waals surface area contributed by atoms with E-state index >= 15 is 0 Å². The molecule has 3 heterocycles. The molecule has 31 heavy (non-hydrogen) atoms. The third-order valence-corrected chi connectivity index (χ3v) is 10.1. The first-order chi connectivity index (χ1) is 15.1. The summed E-state index contributed by atoms with van der Waals surface area (Å²) in [5.74, 6) is 0. The van der Waals surface area contributed by atoms with E-state index in [1.807, 2.05) is 37.3 Å². The van der Waals surface area contributed by atoms with E-state index in [1.165, 1.54) is 0 Å². The monoisotopic (exact) mass is 452 g/mol. The summed E-state index contributed by atoms with van der Waals surface area (Å²) in [5.41, 5.74) is 1.06. The van der Waals surface area contributed by atoms with Crippen LogP contribution in [0.2, 0.25) is 0 Å². The molecule has 0 aliphatic rings. The first-order valence-corrected chi connectivity index (χ1v) is 12.7. The average molecular weight is 453 g/mol. The summed E-state index contributed by atoms with van der Waals surface area (Å²) < 4.78 is 31.7. The molecule has 4 rings (SSSR count). The number of hydrogen-bond acceptors (Lipinski definition) is 5. The molecule has 158 valence electrons. The van der Waals surface area contributed by atoms with Gasteiger partial charge in [-0.15, -0.1) is 8.42 Å². The zero-order valence-corrected chi connectivity index (χ0v) is 18.5. The fourth-order valence-electron chi connectivity index (χ4n) is 3.19. The van der Waals surface area contributed by atoms with E-state index < -0.39 is 20.4 Å². The van der Waals surface area contributed by atoms with Gasteiger partial charge >= 0.3 is 10.1 Å². The Labute approximate surface area is 183 Å². The number of rotatable bonds is 7. The van der Waals surface area contributed by atoms with E-state index in [0.717, 1.165) is 12.0 Å². The molecule has 0 saturated carbocycles. The lowest BCUT2D eigenvalue weighted by atomic mass is 10.2. The SMILES string of the molecule is CCc1ccc(S(=O)(=O)[OH+]S(c2cccnc2)(c2cccnc2)c2cccnc2)cc1. The van der Waals surface area contributed by atoms with Crippen molar-refractivity contribution in [3.63, 3.8) is 0 Å². The molecule has 4 aromatic rings. The van der Waals surface area contributed by atoms with Crippen molar-refractivity contribution in [1.82, 2.24) is 15.0 Å². The molecular weight excluding hydrogens is 430 g/mol. The van der Waals surface area contributed by atoms with Crippen molar-refractivity contribution in [1.29, 1.82) is 0 Å². The van der Waals surface area contributed by atoms with Crippen molar-refractivity contribution < 1.29 is 12.0 Å². The van der Waals surface area contributed by atoms with Crippen LogP contribution in [0.4, 0.5) is 0 Å². The molecule has 0 unspecified atom stereocenters. The van der Waals surface area contributed by atoms with Gasteiger partial charge < -0.3 is 0 Å². The normalized spacial score (nSPS) is 12.4. The largest absolute Gasteiger partial charge is 0.422 e. The lowest BCUT2D eigenvalue weighted by Gasteiger charge is -2.33. The van der Waals surface area contributed by atoms with Gasteiger partial charge in [0, 0.05) is 37.2 Å². The molecule has 1 N–H and O–H groups in total. The third kappa shape index (κ3) is 4.23. The summed E-state index contributed by atoms with van der Waals surface area (Å²) in [6, 6.07) is 17.7. The third-order valence-electron chi connectivity index (χ3n) is 4.77. The van der Waals surface area contributed by atoms with Gasteiger partial charge in [0.1, 0.15) is 4.90 Å². The van der Waals surface area contributed by atoms with E-state index in [-0.39, 0.29) is 4.90 Å². The van der Waals surface area contributed by atoms with Crippen LogP contribution in [-0.2, 0) is 16.5 Å². The zero-order chi connectivity index (χ0) is 21.7. The number of benzene rings is 1. The minimum Gasteiger partial charge on any atom is -0.263 e. The Balaban J connectivity index is 1.96. The molecule has 0 fully saturated rings. The molecule has 0 atom stereocenters. The van der Waals surface area contributed by atoms with Crippen LogP contribution in [-0.4, -0.2) is 27.0 Å². The maximum atomic E-state index is 13.6. The van der Waals surface area contributed by atoms with E-state index in [9.17, 15) is 8.42 Å². The summed E-state index contributed by atoms with van der Waals surface area (Å²) >= 11 is 0. The summed E-state index contributed by atoms with van der Waals surface area (Å²) in [7, 11) is -6.61. The second kappa shape index (κ2) is 8.97. The fraction of sp³-hybridized carbons (Fsp3) is 0.0870. The molecule has 0 spiro atoms. The predicted octanol–water partition coefficient (Wildman–Crippen LogP) is 5.11. The molecule has 1 aromatic carbocycles. The first kappa shape index (κ1) is 21.2. The van der Waals surface area contributed by atoms with E-state index in [2.05, 4.69) is 18.6 Å². The molecule has 0 saturated heterocycles. The standard InChI is InChI=1S/C23H21N3O3S2/c1-2-19-9-11-20(12-10-19)31(27,28)29-30(21-6-3-13-24-16-21,22-7-4-14-25-17-22)23-8-5-15-26-18-23/h3-18H,2H2,1H3/p+1. The number of aryl methyl sites for hydroxylation is 1. The van der Waals surface area contributed by atoms with Crippen LogP contribution >= 0.6 is 10.3 Å². The lowest BCUT2D eigenvalue weighted by molar-refractivity contribution is 0.386. The second-order valence-electron chi connectivity index (χ2n) is 6.69. The molecular formula is C23H22N3O3S2+. The maximum absolute atomic E-state index is 13.6. The fourth-order valence-corrected chi connectivity index (χ4v) is 8.51. The van der Waals surface area contributed by atoms with Crippen LogP contribution in [0.15, 0.2) is 117 Å². The maximum Gasteiger partial charge on any atom is 0.422 e. The Bertz CT molecular complexity index is 1140. The van der Waals surface area contributed by atoms with Gasteiger partial charge in [0.2, 0.25) is 0 Å². The molecule has 0 amide bonds. The minimum absolute atomic E-state index is 0.151. The minimum atomic E-state index is -4.01. The summed E-state index contributed by atoms with van der Waals surface area (Å²) in [4.78, 5) is 15.0. The average Bonchev–Trinajstić information content (AvgIpc) is 2.84. The van der Waals surface area contributed by atoms with Gasteiger partial charge in [-0.3, -0.25) is 18.6 Å². The summed E-state index contributed by atoms with van der Waals surface area (Å²) in [5, 5.41) is 0. The molecule has 0 aliphatic carbocycles. The number of nitrogens with zero attached hydrogens (tertiary/aromatic N) is 3. The Morgan fingerprint density at radius 2 is 1.13 bits per heavy atom. The highest BCUT2D eigenvalue weighted by atomic mass is 32.3. The van der Waals surface area contributed by atoms with Crippen molar-refractivity contribution in [2.45, 2.75) is 32.9 Å². The van der Waals surface area contributed by atoms with E-state index in [4.69, 9.17) is 0 Å².